The lowest BCUT2D eigenvalue weighted by Crippen LogP contribution is -2.33. The molecule has 0 amide bonds. The van der Waals surface area contributed by atoms with Crippen LogP contribution in [0.1, 0.15) is 31.9 Å². The highest BCUT2D eigenvalue weighted by atomic mass is 15.0. The van der Waals surface area contributed by atoms with E-state index >= 15 is 0 Å². The minimum Gasteiger partial charge on any atom is -0.314 e. The molecule has 0 radical (unpaired) electrons. The van der Waals surface area contributed by atoms with Gasteiger partial charge in [0.25, 0.3) is 0 Å². The quantitative estimate of drug-likeness (QED) is 0.791. The summed E-state index contributed by atoms with van der Waals surface area (Å²) in [6.07, 6.45) is 5.72. The second-order valence-electron chi connectivity index (χ2n) is 4.63. The Bertz CT molecular complexity index is 293. The first-order chi connectivity index (χ1) is 7.84. The first-order valence-electron chi connectivity index (χ1n) is 6.21. The molecule has 1 aromatic heterocycles. The Hall–Kier alpha value is -0.930. The van der Waals surface area contributed by atoms with Crippen LogP contribution >= 0.6 is 0 Å². The van der Waals surface area contributed by atoms with Gasteiger partial charge in [0.2, 0.25) is 0 Å². The molecule has 16 heavy (non-hydrogen) atoms. The minimum absolute atomic E-state index is 0.553. The Morgan fingerprint density at radius 1 is 1.56 bits per heavy atom. The van der Waals surface area contributed by atoms with Crippen LogP contribution in [0, 0.1) is 0 Å². The standard InChI is InChI=1S/C13H21N3/c1-11(9-12-6-4-8-14-12)16-10-13-5-2-3-7-15-13/h2-3,5,7,11-12,14,16H,4,6,8-10H2,1H3. The molecular weight excluding hydrogens is 198 g/mol. The molecule has 2 unspecified atom stereocenters. The molecular formula is C13H21N3. The van der Waals surface area contributed by atoms with Gasteiger partial charge < -0.3 is 10.6 Å². The van der Waals surface area contributed by atoms with E-state index in [0.717, 1.165) is 12.2 Å². The summed E-state index contributed by atoms with van der Waals surface area (Å²) in [5.74, 6) is 0. The average molecular weight is 219 g/mol. The largest absolute Gasteiger partial charge is 0.314 e. The third-order valence-electron chi connectivity index (χ3n) is 3.16. The molecule has 0 aliphatic carbocycles. The normalized spacial score (nSPS) is 22.2. The highest BCUT2D eigenvalue weighted by Crippen LogP contribution is 2.10. The van der Waals surface area contributed by atoms with E-state index in [1.165, 1.54) is 25.8 Å². The van der Waals surface area contributed by atoms with Crippen LogP contribution in [-0.2, 0) is 6.54 Å². The third kappa shape index (κ3) is 3.58. The van der Waals surface area contributed by atoms with Gasteiger partial charge in [-0.25, -0.2) is 0 Å². The van der Waals surface area contributed by atoms with Crippen molar-refractivity contribution in [1.82, 2.24) is 15.6 Å². The number of hydrogen-bond donors (Lipinski definition) is 2. The van der Waals surface area contributed by atoms with E-state index in [2.05, 4.69) is 28.6 Å². The molecule has 2 atom stereocenters. The summed E-state index contributed by atoms with van der Waals surface area (Å²) < 4.78 is 0. The van der Waals surface area contributed by atoms with Crippen molar-refractivity contribution in [1.29, 1.82) is 0 Å². The number of rotatable bonds is 5. The summed E-state index contributed by atoms with van der Waals surface area (Å²) in [5.41, 5.74) is 1.12. The van der Waals surface area contributed by atoms with Gasteiger partial charge in [0.05, 0.1) is 5.69 Å². The molecule has 1 aliphatic heterocycles. The fraction of sp³-hybridized carbons (Fsp3) is 0.615. The van der Waals surface area contributed by atoms with Crippen LogP contribution < -0.4 is 10.6 Å². The Morgan fingerprint density at radius 3 is 3.19 bits per heavy atom. The minimum atomic E-state index is 0.553. The highest BCUT2D eigenvalue weighted by Gasteiger charge is 2.16. The zero-order chi connectivity index (χ0) is 11.2. The van der Waals surface area contributed by atoms with Crippen LogP contribution in [-0.4, -0.2) is 23.6 Å². The maximum atomic E-state index is 4.30. The first kappa shape index (κ1) is 11.6. The Balaban J connectivity index is 1.69. The van der Waals surface area contributed by atoms with Crippen molar-refractivity contribution in [2.24, 2.45) is 0 Å². The Labute approximate surface area is 97.7 Å². The van der Waals surface area contributed by atoms with Gasteiger partial charge in [-0.1, -0.05) is 6.07 Å². The molecule has 3 nitrogen and oxygen atoms in total. The lowest BCUT2D eigenvalue weighted by atomic mass is 10.1. The number of aromatic nitrogens is 1. The molecule has 2 N–H and O–H groups in total. The molecule has 0 spiro atoms. The lowest BCUT2D eigenvalue weighted by Gasteiger charge is -2.18. The molecule has 0 aromatic carbocycles. The number of nitrogens with one attached hydrogen (secondary N) is 2. The van der Waals surface area contributed by atoms with E-state index < -0.39 is 0 Å². The van der Waals surface area contributed by atoms with E-state index in [1.54, 1.807) is 0 Å². The van der Waals surface area contributed by atoms with E-state index in [9.17, 15) is 0 Å². The van der Waals surface area contributed by atoms with Crippen LogP contribution in [0.3, 0.4) is 0 Å². The summed E-state index contributed by atoms with van der Waals surface area (Å²) in [7, 11) is 0. The zero-order valence-corrected chi connectivity index (χ0v) is 9.95. The van der Waals surface area contributed by atoms with Crippen LogP contribution in [0.2, 0.25) is 0 Å². The summed E-state index contributed by atoms with van der Waals surface area (Å²) in [5, 5.41) is 7.05. The molecule has 0 saturated carbocycles. The van der Waals surface area contributed by atoms with Gasteiger partial charge >= 0.3 is 0 Å². The smallest absolute Gasteiger partial charge is 0.0541 e. The van der Waals surface area contributed by atoms with Gasteiger partial charge in [-0.05, 0) is 44.9 Å². The van der Waals surface area contributed by atoms with Crippen molar-refractivity contribution < 1.29 is 0 Å². The van der Waals surface area contributed by atoms with Gasteiger partial charge in [0, 0.05) is 24.8 Å². The second kappa shape index (κ2) is 5.97. The van der Waals surface area contributed by atoms with Gasteiger partial charge in [-0.2, -0.15) is 0 Å². The second-order valence-corrected chi connectivity index (χ2v) is 4.63. The lowest BCUT2D eigenvalue weighted by molar-refractivity contribution is 0.438. The molecule has 2 heterocycles. The summed E-state index contributed by atoms with van der Waals surface area (Å²) in [6.45, 7) is 4.31. The van der Waals surface area contributed by atoms with Gasteiger partial charge in [-0.3, -0.25) is 4.98 Å². The molecule has 1 aromatic rings. The average Bonchev–Trinajstić information content (AvgIpc) is 2.81. The number of pyridine rings is 1. The molecule has 0 bridgehead atoms. The van der Waals surface area contributed by atoms with E-state index in [4.69, 9.17) is 0 Å². The molecule has 2 rings (SSSR count). The molecule has 1 saturated heterocycles. The molecule has 3 heteroatoms. The summed E-state index contributed by atoms with van der Waals surface area (Å²) in [4.78, 5) is 4.30. The monoisotopic (exact) mass is 219 g/mol. The van der Waals surface area contributed by atoms with Crippen molar-refractivity contribution in [3.63, 3.8) is 0 Å². The van der Waals surface area contributed by atoms with Gasteiger partial charge in [0.1, 0.15) is 0 Å². The van der Waals surface area contributed by atoms with Gasteiger partial charge in [-0.15, -0.1) is 0 Å². The Morgan fingerprint density at radius 2 is 2.50 bits per heavy atom. The van der Waals surface area contributed by atoms with Crippen LogP contribution in [0.5, 0.6) is 0 Å². The fourth-order valence-corrected chi connectivity index (χ4v) is 2.25. The SMILES string of the molecule is CC(CC1CCCN1)NCc1ccccn1. The number of nitrogens with zero attached hydrogens (tertiary/aromatic N) is 1. The topological polar surface area (TPSA) is 37.0 Å². The predicted octanol–water partition coefficient (Wildman–Crippen LogP) is 1.70. The van der Waals surface area contributed by atoms with E-state index in [-0.39, 0.29) is 0 Å². The first-order valence-corrected chi connectivity index (χ1v) is 6.21. The predicted molar refractivity (Wildman–Crippen MR) is 66.2 cm³/mol. The summed E-state index contributed by atoms with van der Waals surface area (Å²) >= 11 is 0. The number of hydrogen-bond acceptors (Lipinski definition) is 3. The van der Waals surface area contributed by atoms with Crippen molar-refractivity contribution in [3.05, 3.63) is 30.1 Å². The van der Waals surface area contributed by atoms with Crippen LogP contribution in [0.15, 0.2) is 24.4 Å². The zero-order valence-electron chi connectivity index (χ0n) is 9.95. The van der Waals surface area contributed by atoms with E-state index in [0.29, 0.717) is 12.1 Å². The van der Waals surface area contributed by atoms with Crippen LogP contribution in [0.4, 0.5) is 0 Å². The maximum absolute atomic E-state index is 4.30. The molecule has 1 aliphatic rings. The van der Waals surface area contributed by atoms with Crippen molar-refractivity contribution in [3.8, 4) is 0 Å². The van der Waals surface area contributed by atoms with Crippen LogP contribution in [0.25, 0.3) is 0 Å². The van der Waals surface area contributed by atoms with Crippen molar-refractivity contribution in [2.75, 3.05) is 6.54 Å². The summed E-state index contributed by atoms with van der Waals surface area (Å²) in [6, 6.07) is 7.32. The third-order valence-corrected chi connectivity index (χ3v) is 3.16. The fourth-order valence-electron chi connectivity index (χ4n) is 2.25. The van der Waals surface area contributed by atoms with E-state index in [1.807, 2.05) is 18.3 Å². The van der Waals surface area contributed by atoms with Crippen molar-refractivity contribution in [2.45, 2.75) is 44.8 Å². The Kier molecular flexibility index (Phi) is 4.31. The van der Waals surface area contributed by atoms with Crippen molar-refractivity contribution >= 4 is 0 Å². The highest BCUT2D eigenvalue weighted by molar-refractivity contribution is 5.03. The van der Waals surface area contributed by atoms with Gasteiger partial charge in [0.15, 0.2) is 0 Å². The maximum Gasteiger partial charge on any atom is 0.0541 e. The molecule has 88 valence electrons. The molecule has 1 fully saturated rings.